The van der Waals surface area contributed by atoms with Gasteiger partial charge in [0.2, 0.25) is 0 Å². The van der Waals surface area contributed by atoms with Crippen LogP contribution in [0.15, 0.2) is 91.1 Å². The Morgan fingerprint density at radius 3 is 2.58 bits per heavy atom. The van der Waals surface area contributed by atoms with E-state index in [1.807, 2.05) is 30.3 Å². The van der Waals surface area contributed by atoms with Crippen LogP contribution in [0.25, 0.3) is 11.3 Å². The molecule has 2 heterocycles. The van der Waals surface area contributed by atoms with Crippen LogP contribution in [-0.4, -0.2) is 40.3 Å². The molecule has 6 rings (SSSR count). The molecular weight excluding hydrogens is 541 g/mol. The summed E-state index contributed by atoms with van der Waals surface area (Å²) in [7, 11) is 0. The Hall–Kier alpha value is -4.07. The third-order valence-corrected chi connectivity index (χ3v) is 8.85. The largest absolute Gasteiger partial charge is 0.487 e. The Kier molecular flexibility index (Phi) is 8.54. The number of nitrogens with one attached hydrogen (secondary N) is 2. The topological polar surface area (TPSA) is 83.5 Å². The molecule has 0 radical (unpaired) electrons. The van der Waals surface area contributed by atoms with Crippen molar-refractivity contribution in [2.24, 2.45) is 0 Å². The summed E-state index contributed by atoms with van der Waals surface area (Å²) in [6, 6.07) is 25.2. The van der Waals surface area contributed by atoms with Crippen LogP contribution < -0.4 is 15.4 Å². The van der Waals surface area contributed by atoms with Gasteiger partial charge in [0, 0.05) is 41.9 Å². The van der Waals surface area contributed by atoms with E-state index >= 15 is 0 Å². The first kappa shape index (κ1) is 29.0. The fraction of sp³-hybridized carbons (Fsp3) is 0.333. The van der Waals surface area contributed by atoms with Gasteiger partial charge in [0.25, 0.3) is 5.91 Å². The number of amides is 1. The molecule has 6 nitrogen and oxygen atoms in total. The van der Waals surface area contributed by atoms with Crippen LogP contribution in [0.4, 0.5) is 4.39 Å². The maximum Gasteiger partial charge on any atom is 0.251 e. The molecular formula is C36H38FN3O3. The van der Waals surface area contributed by atoms with E-state index in [0.29, 0.717) is 17.7 Å². The molecule has 1 saturated carbocycles. The number of aromatic nitrogens is 1. The molecule has 1 aliphatic carbocycles. The molecule has 0 unspecified atom stereocenters. The Morgan fingerprint density at radius 1 is 1.05 bits per heavy atom. The summed E-state index contributed by atoms with van der Waals surface area (Å²) in [6.45, 7) is 2.43. The van der Waals surface area contributed by atoms with Gasteiger partial charge in [-0.05, 0) is 79.6 Å². The maximum atomic E-state index is 14.7. The Bertz CT molecular complexity index is 1560. The normalized spacial score (nSPS) is 18.2. The monoisotopic (exact) mass is 579 g/mol. The summed E-state index contributed by atoms with van der Waals surface area (Å²) >= 11 is 0. The number of pyridine rings is 1. The molecule has 7 heteroatoms. The van der Waals surface area contributed by atoms with Crippen molar-refractivity contribution in [3.8, 4) is 17.0 Å². The highest BCUT2D eigenvalue weighted by Crippen LogP contribution is 2.49. The van der Waals surface area contributed by atoms with Crippen molar-refractivity contribution < 1.29 is 19.0 Å². The number of aryl methyl sites for hydroxylation is 1. The van der Waals surface area contributed by atoms with Crippen molar-refractivity contribution >= 4 is 5.91 Å². The van der Waals surface area contributed by atoms with Crippen molar-refractivity contribution in [1.82, 2.24) is 15.6 Å². The van der Waals surface area contributed by atoms with Gasteiger partial charge < -0.3 is 20.5 Å². The highest BCUT2D eigenvalue weighted by Gasteiger charge is 2.45. The van der Waals surface area contributed by atoms with Gasteiger partial charge in [0.05, 0.1) is 17.8 Å². The lowest BCUT2D eigenvalue weighted by Gasteiger charge is -2.48. The average Bonchev–Trinajstić information content (AvgIpc) is 3.03. The minimum atomic E-state index is -0.877. The van der Waals surface area contributed by atoms with Crippen LogP contribution in [-0.2, 0) is 12.8 Å². The third-order valence-electron chi connectivity index (χ3n) is 8.85. The summed E-state index contributed by atoms with van der Waals surface area (Å²) in [6.07, 6.45) is 6.17. The van der Waals surface area contributed by atoms with Crippen molar-refractivity contribution in [3.05, 3.63) is 119 Å². The highest BCUT2D eigenvalue weighted by molar-refractivity contribution is 5.95. The van der Waals surface area contributed by atoms with Crippen LogP contribution in [0.1, 0.15) is 65.7 Å². The van der Waals surface area contributed by atoms with Gasteiger partial charge in [-0.15, -0.1) is 0 Å². The molecule has 3 aromatic carbocycles. The number of aliphatic hydroxyl groups excluding tert-OH is 1. The van der Waals surface area contributed by atoms with Crippen LogP contribution in [0.5, 0.6) is 5.75 Å². The molecule has 0 bridgehead atoms. The van der Waals surface area contributed by atoms with Crippen molar-refractivity contribution in [2.75, 3.05) is 6.54 Å². The van der Waals surface area contributed by atoms with Crippen molar-refractivity contribution in [1.29, 1.82) is 0 Å². The molecule has 1 amide bonds. The Labute approximate surface area is 252 Å². The number of halogens is 1. The summed E-state index contributed by atoms with van der Waals surface area (Å²) in [5.74, 6) is 0.0893. The molecule has 222 valence electrons. The van der Waals surface area contributed by atoms with E-state index in [1.165, 1.54) is 23.8 Å². The first-order valence-electron chi connectivity index (χ1n) is 15.2. The van der Waals surface area contributed by atoms with Gasteiger partial charge in [-0.2, -0.15) is 0 Å². The number of aliphatic hydroxyl groups is 1. The zero-order chi connectivity index (χ0) is 29.8. The van der Waals surface area contributed by atoms with E-state index in [0.717, 1.165) is 49.0 Å². The third kappa shape index (κ3) is 6.48. The summed E-state index contributed by atoms with van der Waals surface area (Å²) in [4.78, 5) is 17.8. The minimum absolute atomic E-state index is 0.0382. The van der Waals surface area contributed by atoms with Crippen LogP contribution in [0, 0.1) is 5.82 Å². The molecule has 1 aromatic heterocycles. The summed E-state index contributed by atoms with van der Waals surface area (Å²) in [5, 5.41) is 18.2. The Morgan fingerprint density at radius 2 is 1.86 bits per heavy atom. The quantitative estimate of drug-likeness (QED) is 0.209. The second kappa shape index (κ2) is 12.7. The van der Waals surface area contributed by atoms with E-state index in [1.54, 1.807) is 24.4 Å². The van der Waals surface area contributed by atoms with Gasteiger partial charge in [-0.25, -0.2) is 4.39 Å². The molecule has 43 heavy (non-hydrogen) atoms. The molecule has 0 saturated heterocycles. The highest BCUT2D eigenvalue weighted by atomic mass is 19.1. The fourth-order valence-corrected chi connectivity index (χ4v) is 6.19. The molecule has 4 aromatic rings. The number of fused-ring (bicyclic) bond motifs is 1. The van der Waals surface area contributed by atoms with Gasteiger partial charge in [-0.3, -0.25) is 9.78 Å². The summed E-state index contributed by atoms with van der Waals surface area (Å²) in [5.41, 5.74) is 4.24. The van der Waals surface area contributed by atoms with E-state index in [9.17, 15) is 14.3 Å². The SMILES string of the molecule is CCc1ccc2c(c1)[C@@H](NC[C@H](O)[C@H](Cc1ccccc1)NC(=O)c1ccc(F)c(-c3ccccn3)c1)CC1(CCC1)O2. The zero-order valence-electron chi connectivity index (χ0n) is 24.4. The molecule has 3 atom stereocenters. The van der Waals surface area contributed by atoms with E-state index in [4.69, 9.17) is 4.74 Å². The van der Waals surface area contributed by atoms with E-state index in [-0.39, 0.29) is 29.7 Å². The first-order valence-corrected chi connectivity index (χ1v) is 15.2. The lowest BCUT2D eigenvalue weighted by atomic mass is 9.72. The van der Waals surface area contributed by atoms with E-state index < -0.39 is 18.0 Å². The number of benzene rings is 3. The first-order chi connectivity index (χ1) is 20.9. The standard InChI is InChI=1S/C36H38FN3O3/c1-2-24-12-15-34-28(19-24)32(22-36(43-34)16-8-17-36)39-23-33(41)31(20-25-9-4-3-5-10-25)40-35(42)26-13-14-29(37)27(21-26)30-11-6-7-18-38-30/h3-7,9-15,18-19,21,31-33,39,41H,2,8,16-17,20,22-23H2,1H3,(H,40,42)/t31-,32-,33-/m0/s1. The van der Waals surface area contributed by atoms with Gasteiger partial charge in [-0.1, -0.05) is 55.5 Å². The number of carbonyl (C=O) groups is 1. The molecule has 1 spiro atoms. The summed E-state index contributed by atoms with van der Waals surface area (Å²) < 4.78 is 21.2. The van der Waals surface area contributed by atoms with Gasteiger partial charge in [0.15, 0.2) is 0 Å². The number of hydrogen-bond acceptors (Lipinski definition) is 5. The number of carbonyl (C=O) groups excluding carboxylic acids is 1. The lowest BCUT2D eigenvalue weighted by Crippen LogP contribution is -2.52. The number of ether oxygens (including phenoxy) is 1. The second-order valence-electron chi connectivity index (χ2n) is 11.8. The van der Waals surface area contributed by atoms with Crippen LogP contribution in [0.3, 0.4) is 0 Å². The van der Waals surface area contributed by atoms with Gasteiger partial charge in [0.1, 0.15) is 17.2 Å². The average molecular weight is 580 g/mol. The smallest absolute Gasteiger partial charge is 0.251 e. The maximum absolute atomic E-state index is 14.7. The number of hydrogen-bond donors (Lipinski definition) is 3. The molecule has 3 N–H and O–H groups in total. The zero-order valence-corrected chi connectivity index (χ0v) is 24.4. The number of rotatable bonds is 10. The van der Waals surface area contributed by atoms with Gasteiger partial charge >= 0.3 is 0 Å². The predicted molar refractivity (Wildman–Crippen MR) is 165 cm³/mol. The molecule has 2 aliphatic rings. The molecule has 1 aliphatic heterocycles. The lowest BCUT2D eigenvalue weighted by molar-refractivity contribution is -0.0382. The fourth-order valence-electron chi connectivity index (χ4n) is 6.19. The Balaban J connectivity index is 1.21. The second-order valence-corrected chi connectivity index (χ2v) is 11.8. The van der Waals surface area contributed by atoms with Crippen molar-refractivity contribution in [2.45, 2.75) is 69.2 Å². The molecule has 1 fully saturated rings. The predicted octanol–water partition coefficient (Wildman–Crippen LogP) is 6.19. The van der Waals surface area contributed by atoms with Crippen LogP contribution in [0.2, 0.25) is 0 Å². The van der Waals surface area contributed by atoms with Crippen LogP contribution >= 0.6 is 0 Å². The minimum Gasteiger partial charge on any atom is -0.487 e. The number of nitrogens with zero attached hydrogens (tertiary/aromatic N) is 1. The van der Waals surface area contributed by atoms with Crippen molar-refractivity contribution in [3.63, 3.8) is 0 Å². The van der Waals surface area contributed by atoms with E-state index in [2.05, 4.69) is 40.7 Å².